The normalized spacial score (nSPS) is 14.4. The number of carbonyl (C=O) groups excluding carboxylic acids is 1. The van der Waals surface area contributed by atoms with Crippen molar-refractivity contribution in [2.24, 2.45) is 0 Å². The molecule has 0 aromatic heterocycles. The van der Waals surface area contributed by atoms with Crippen molar-refractivity contribution in [3.8, 4) is 12.1 Å². The van der Waals surface area contributed by atoms with Crippen LogP contribution in [0.2, 0.25) is 0 Å². The highest BCUT2D eigenvalue weighted by Crippen LogP contribution is 2.41. The number of rotatable bonds is 5. The predicted octanol–water partition coefficient (Wildman–Crippen LogP) is 6.73. The summed E-state index contributed by atoms with van der Waals surface area (Å²) in [6.07, 6.45) is 3.71. The van der Waals surface area contributed by atoms with Crippen molar-refractivity contribution < 1.29 is 9.90 Å². The zero-order valence-corrected chi connectivity index (χ0v) is 19.8. The lowest BCUT2D eigenvalue weighted by Crippen LogP contribution is -2.18. The molecule has 0 unspecified atom stereocenters. The van der Waals surface area contributed by atoms with Gasteiger partial charge >= 0.3 is 0 Å². The average molecular weight is 457 g/mol. The van der Waals surface area contributed by atoms with Crippen LogP contribution in [0.5, 0.6) is 0 Å². The fraction of sp³-hybridized carbons (Fsp3) is 0.129. The number of benzene rings is 3. The van der Waals surface area contributed by atoms with E-state index in [-0.39, 0.29) is 11.5 Å². The van der Waals surface area contributed by atoms with Crippen molar-refractivity contribution in [2.75, 3.05) is 0 Å². The van der Waals surface area contributed by atoms with Gasteiger partial charge in [-0.15, -0.1) is 0 Å². The minimum Gasteiger partial charge on any atom is -0.507 e. The summed E-state index contributed by atoms with van der Waals surface area (Å²) in [5.74, 6) is -0.270. The number of nitriles is 2. The number of aliphatic hydroxyl groups is 1. The van der Waals surface area contributed by atoms with Gasteiger partial charge in [-0.3, -0.25) is 4.79 Å². The van der Waals surface area contributed by atoms with Crippen molar-refractivity contribution in [1.29, 1.82) is 10.5 Å². The van der Waals surface area contributed by atoms with Crippen LogP contribution in [0.25, 0.3) is 5.76 Å². The first-order valence-corrected chi connectivity index (χ1v) is 11.2. The molecule has 0 aliphatic heterocycles. The Hall–Kier alpha value is -4.67. The van der Waals surface area contributed by atoms with Gasteiger partial charge in [0.25, 0.3) is 0 Å². The fourth-order valence-electron chi connectivity index (χ4n) is 4.10. The highest BCUT2D eigenvalue weighted by atomic mass is 16.3. The molecule has 0 amide bonds. The Labute approximate surface area is 205 Å². The number of ketones is 1. The summed E-state index contributed by atoms with van der Waals surface area (Å²) in [7, 11) is 0. The second-order valence-corrected chi connectivity index (χ2v) is 9.12. The first-order chi connectivity index (χ1) is 16.7. The molecular formula is C31H24N2O2. The van der Waals surface area contributed by atoms with E-state index in [9.17, 15) is 9.90 Å². The minimum absolute atomic E-state index is 0.0301. The molecule has 0 spiro atoms. The van der Waals surface area contributed by atoms with Gasteiger partial charge < -0.3 is 5.11 Å². The highest BCUT2D eigenvalue weighted by Gasteiger charge is 2.32. The molecule has 1 N–H and O–H groups in total. The van der Waals surface area contributed by atoms with E-state index >= 15 is 0 Å². The summed E-state index contributed by atoms with van der Waals surface area (Å²) in [5, 5.41) is 29.4. The molecule has 1 aliphatic rings. The third kappa shape index (κ3) is 4.56. The summed E-state index contributed by atoms with van der Waals surface area (Å²) in [5.41, 5.74) is 5.45. The highest BCUT2D eigenvalue weighted by molar-refractivity contribution is 6.14. The SMILES string of the molecule is Cc1ccc(C(C)(C)C2=CC(=C(O)c3ccc(C#N)cc3)C(C(=O)c3ccc(C#N)cc3)=C2)cc1. The topological polar surface area (TPSA) is 84.9 Å². The van der Waals surface area contributed by atoms with Gasteiger partial charge in [0.05, 0.1) is 23.3 Å². The third-order valence-electron chi connectivity index (χ3n) is 6.45. The Morgan fingerprint density at radius 1 is 0.771 bits per heavy atom. The predicted molar refractivity (Wildman–Crippen MR) is 137 cm³/mol. The molecule has 170 valence electrons. The molecule has 3 aromatic carbocycles. The summed E-state index contributed by atoms with van der Waals surface area (Å²) < 4.78 is 0. The van der Waals surface area contributed by atoms with Gasteiger partial charge in [0.2, 0.25) is 0 Å². The van der Waals surface area contributed by atoms with Gasteiger partial charge in [0.1, 0.15) is 5.76 Å². The van der Waals surface area contributed by atoms with Gasteiger partial charge in [0, 0.05) is 27.7 Å². The monoisotopic (exact) mass is 456 g/mol. The lowest BCUT2D eigenvalue weighted by Gasteiger charge is -2.26. The second kappa shape index (κ2) is 9.29. The number of nitrogens with zero attached hydrogens (tertiary/aromatic N) is 2. The van der Waals surface area contributed by atoms with Crippen molar-refractivity contribution in [3.05, 3.63) is 135 Å². The van der Waals surface area contributed by atoms with Crippen LogP contribution in [0.15, 0.2) is 102 Å². The molecule has 35 heavy (non-hydrogen) atoms. The number of hydrogen-bond acceptors (Lipinski definition) is 4. The van der Waals surface area contributed by atoms with Crippen LogP contribution in [-0.4, -0.2) is 10.9 Å². The molecule has 4 heteroatoms. The number of aryl methyl sites for hydroxylation is 1. The van der Waals surface area contributed by atoms with Gasteiger partial charge in [-0.25, -0.2) is 0 Å². The lowest BCUT2D eigenvalue weighted by molar-refractivity contribution is 0.103. The quantitative estimate of drug-likeness (QED) is 0.340. The van der Waals surface area contributed by atoms with Crippen LogP contribution in [0.1, 0.15) is 52.0 Å². The largest absolute Gasteiger partial charge is 0.507 e. The Balaban J connectivity index is 1.84. The van der Waals surface area contributed by atoms with Crippen LogP contribution < -0.4 is 0 Å². The van der Waals surface area contributed by atoms with Crippen molar-refractivity contribution in [2.45, 2.75) is 26.2 Å². The number of carbonyl (C=O) groups is 1. The smallest absolute Gasteiger partial charge is 0.193 e. The summed E-state index contributed by atoms with van der Waals surface area (Å²) >= 11 is 0. The van der Waals surface area contributed by atoms with Gasteiger partial charge in [0.15, 0.2) is 5.78 Å². The van der Waals surface area contributed by atoms with Gasteiger partial charge in [-0.05, 0) is 78.7 Å². The van der Waals surface area contributed by atoms with Crippen molar-refractivity contribution >= 4 is 11.5 Å². The van der Waals surface area contributed by atoms with Crippen LogP contribution >= 0.6 is 0 Å². The van der Waals surface area contributed by atoms with Crippen LogP contribution in [0.4, 0.5) is 0 Å². The molecule has 0 heterocycles. The van der Waals surface area contributed by atoms with Crippen LogP contribution in [-0.2, 0) is 5.41 Å². The van der Waals surface area contributed by atoms with E-state index in [4.69, 9.17) is 10.5 Å². The molecule has 0 saturated carbocycles. The van der Waals surface area contributed by atoms with Crippen LogP contribution in [0.3, 0.4) is 0 Å². The van der Waals surface area contributed by atoms with Crippen LogP contribution in [0, 0.1) is 29.6 Å². The maximum Gasteiger partial charge on any atom is 0.193 e. The first-order valence-electron chi connectivity index (χ1n) is 11.2. The molecule has 1 aliphatic carbocycles. The first kappa shape index (κ1) is 23.5. The number of aliphatic hydroxyl groups excluding tert-OH is 1. The molecule has 0 fully saturated rings. The van der Waals surface area contributed by atoms with E-state index in [0.717, 1.165) is 16.7 Å². The summed E-state index contributed by atoms with van der Waals surface area (Å²) in [6.45, 7) is 6.22. The molecule has 0 bridgehead atoms. The van der Waals surface area contributed by atoms with Crippen molar-refractivity contribution in [1.82, 2.24) is 0 Å². The molecular weight excluding hydrogens is 432 g/mol. The molecule has 4 nitrogen and oxygen atoms in total. The Kier molecular flexibility index (Phi) is 6.24. The van der Waals surface area contributed by atoms with E-state index in [1.165, 1.54) is 0 Å². The van der Waals surface area contributed by atoms with E-state index < -0.39 is 5.41 Å². The third-order valence-corrected chi connectivity index (χ3v) is 6.45. The molecule has 3 aromatic rings. The molecule has 0 saturated heterocycles. The maximum atomic E-state index is 13.6. The summed E-state index contributed by atoms with van der Waals surface area (Å²) in [6, 6.07) is 25.5. The zero-order valence-electron chi connectivity index (χ0n) is 19.8. The minimum atomic E-state index is -0.420. The molecule has 0 radical (unpaired) electrons. The van der Waals surface area contributed by atoms with E-state index in [1.807, 2.05) is 19.1 Å². The number of allylic oxidation sites excluding steroid dienone is 5. The van der Waals surface area contributed by atoms with E-state index in [0.29, 0.717) is 33.4 Å². The van der Waals surface area contributed by atoms with E-state index in [2.05, 4.69) is 50.3 Å². The Bertz CT molecular complexity index is 1470. The van der Waals surface area contributed by atoms with E-state index in [1.54, 1.807) is 48.5 Å². The Morgan fingerprint density at radius 2 is 1.29 bits per heavy atom. The second-order valence-electron chi connectivity index (χ2n) is 9.12. The fourth-order valence-corrected chi connectivity index (χ4v) is 4.10. The molecule has 0 atom stereocenters. The average Bonchev–Trinajstić information content (AvgIpc) is 3.34. The summed E-state index contributed by atoms with van der Waals surface area (Å²) in [4.78, 5) is 13.6. The number of Topliss-reactive ketones (excluding diaryl/α,β-unsaturated/α-hetero) is 1. The van der Waals surface area contributed by atoms with Gasteiger partial charge in [-0.2, -0.15) is 10.5 Å². The number of hydrogen-bond donors (Lipinski definition) is 1. The standard InChI is InChI=1S/C31H24N2O2/c1-20-4-14-25(15-5-20)31(2,3)26-16-27(29(34)23-10-6-21(18-32)7-11-23)28(17-26)30(35)24-12-8-22(19-33)9-13-24/h4-17,34H,1-3H3. The van der Waals surface area contributed by atoms with Crippen molar-refractivity contribution in [3.63, 3.8) is 0 Å². The Morgan fingerprint density at radius 3 is 1.80 bits per heavy atom. The maximum absolute atomic E-state index is 13.6. The lowest BCUT2D eigenvalue weighted by atomic mass is 9.77. The van der Waals surface area contributed by atoms with Gasteiger partial charge in [-0.1, -0.05) is 43.7 Å². The molecule has 4 rings (SSSR count). The zero-order chi connectivity index (χ0) is 25.2.